The predicted octanol–water partition coefficient (Wildman–Crippen LogP) is 3.28. The van der Waals surface area contributed by atoms with Gasteiger partial charge in [-0.25, -0.2) is 4.79 Å². The lowest BCUT2D eigenvalue weighted by Gasteiger charge is -2.26. The third-order valence-corrected chi connectivity index (χ3v) is 3.20. The van der Waals surface area contributed by atoms with Crippen molar-refractivity contribution >= 4 is 23.2 Å². The molecule has 0 spiro atoms. The summed E-state index contributed by atoms with van der Waals surface area (Å²) >= 11 is 0. The Hall–Kier alpha value is -2.42. The van der Waals surface area contributed by atoms with E-state index in [1.807, 2.05) is 0 Å². The first kappa shape index (κ1) is 17.9. The third-order valence-electron chi connectivity index (χ3n) is 3.20. The first-order chi connectivity index (χ1) is 11.2. The Bertz CT molecular complexity index is 641. The maximum absolute atomic E-state index is 14.1. The highest BCUT2D eigenvalue weighted by molar-refractivity contribution is 5.86. The number of nitro groups is 1. The molecule has 1 heterocycles. The van der Waals surface area contributed by atoms with Crippen molar-refractivity contribution in [2.75, 3.05) is 23.8 Å². The van der Waals surface area contributed by atoms with Gasteiger partial charge < -0.3 is 14.8 Å². The molecule has 0 aliphatic carbocycles. The summed E-state index contributed by atoms with van der Waals surface area (Å²) in [6.45, 7) is 6.02. The van der Waals surface area contributed by atoms with Gasteiger partial charge in [0.15, 0.2) is 0 Å². The minimum Gasteiger partial charge on any atom is -0.444 e. The molecule has 0 radical (unpaired) electrons. The highest BCUT2D eigenvalue weighted by Crippen LogP contribution is 2.32. The summed E-state index contributed by atoms with van der Waals surface area (Å²) in [5.74, 6) is -1.05. The maximum atomic E-state index is 14.1. The molecule has 1 aliphatic heterocycles. The van der Waals surface area contributed by atoms with Crippen LogP contribution in [0.3, 0.4) is 0 Å². The fraction of sp³-hybridized carbons (Fsp3) is 0.533. The number of halogens is 1. The van der Waals surface area contributed by atoms with Crippen LogP contribution in [0.4, 0.5) is 26.2 Å². The molecule has 1 fully saturated rings. The van der Waals surface area contributed by atoms with E-state index in [4.69, 9.17) is 9.47 Å². The molecule has 0 aromatic heterocycles. The molecule has 132 valence electrons. The van der Waals surface area contributed by atoms with Crippen LogP contribution < -0.4 is 10.6 Å². The summed E-state index contributed by atoms with van der Waals surface area (Å²) in [5, 5.41) is 16.2. The van der Waals surface area contributed by atoms with E-state index in [0.717, 1.165) is 12.5 Å². The molecule has 0 saturated carbocycles. The molecule has 2 rings (SSSR count). The molecule has 9 heteroatoms. The molecule has 24 heavy (non-hydrogen) atoms. The van der Waals surface area contributed by atoms with E-state index in [-0.39, 0.29) is 17.5 Å². The Morgan fingerprint density at radius 3 is 2.67 bits per heavy atom. The second-order valence-electron chi connectivity index (χ2n) is 6.40. The minimum atomic E-state index is -1.05. The van der Waals surface area contributed by atoms with E-state index in [1.54, 1.807) is 20.8 Å². The van der Waals surface area contributed by atoms with Crippen LogP contribution in [0.25, 0.3) is 0 Å². The minimum absolute atomic E-state index is 0.0263. The number of nitro benzene ring substituents is 1. The molecule has 1 atom stereocenters. The Labute approximate surface area is 138 Å². The van der Waals surface area contributed by atoms with Gasteiger partial charge in [-0.3, -0.25) is 15.4 Å². The van der Waals surface area contributed by atoms with Gasteiger partial charge in [0.1, 0.15) is 11.3 Å². The molecule has 1 aromatic rings. The zero-order chi connectivity index (χ0) is 17.9. The summed E-state index contributed by atoms with van der Waals surface area (Å²) < 4.78 is 24.4. The zero-order valence-electron chi connectivity index (χ0n) is 13.7. The standard InChI is InChI=1S/C15H20FN3O5/c1-15(2,3)24-14(20)18-9-6-11(16)13(19(21)22)12(7-9)17-8-10-4-5-23-10/h6-7,10,17H,4-5,8H2,1-3H3,(H,18,20)/t10-/m0/s1. The Kier molecular flexibility index (Phi) is 5.23. The molecular formula is C15H20FN3O5. The molecule has 0 bridgehead atoms. The van der Waals surface area contributed by atoms with Gasteiger partial charge in [-0.2, -0.15) is 4.39 Å². The number of nitrogens with one attached hydrogen (secondary N) is 2. The summed E-state index contributed by atoms with van der Waals surface area (Å²) in [6.07, 6.45) is -0.00164. The van der Waals surface area contributed by atoms with Crippen LogP contribution in [-0.4, -0.2) is 35.9 Å². The Balaban J connectivity index is 2.18. The predicted molar refractivity (Wildman–Crippen MR) is 85.8 cm³/mol. The number of amides is 1. The van der Waals surface area contributed by atoms with Gasteiger partial charge in [0.25, 0.3) is 0 Å². The average molecular weight is 341 g/mol. The van der Waals surface area contributed by atoms with Crippen LogP contribution in [0.15, 0.2) is 12.1 Å². The first-order valence-corrected chi connectivity index (χ1v) is 7.49. The molecule has 1 aromatic carbocycles. The van der Waals surface area contributed by atoms with Crippen molar-refractivity contribution in [2.45, 2.75) is 38.9 Å². The van der Waals surface area contributed by atoms with Gasteiger partial charge in [-0.05, 0) is 33.3 Å². The lowest BCUT2D eigenvalue weighted by molar-refractivity contribution is -0.386. The van der Waals surface area contributed by atoms with Crippen LogP contribution in [0, 0.1) is 15.9 Å². The van der Waals surface area contributed by atoms with Gasteiger partial charge in [-0.1, -0.05) is 0 Å². The summed E-state index contributed by atoms with van der Waals surface area (Å²) in [6, 6.07) is 2.18. The molecule has 1 saturated heterocycles. The number of carbonyl (C=O) groups excluding carboxylic acids is 1. The number of ether oxygens (including phenoxy) is 2. The van der Waals surface area contributed by atoms with E-state index in [9.17, 15) is 19.3 Å². The molecule has 2 N–H and O–H groups in total. The smallest absolute Gasteiger partial charge is 0.412 e. The Morgan fingerprint density at radius 1 is 1.50 bits per heavy atom. The van der Waals surface area contributed by atoms with Crippen molar-refractivity contribution < 1.29 is 23.6 Å². The number of anilines is 2. The van der Waals surface area contributed by atoms with E-state index >= 15 is 0 Å². The van der Waals surface area contributed by atoms with Gasteiger partial charge >= 0.3 is 11.8 Å². The fourth-order valence-corrected chi connectivity index (χ4v) is 2.08. The largest absolute Gasteiger partial charge is 0.444 e. The van der Waals surface area contributed by atoms with Crippen molar-refractivity contribution in [3.8, 4) is 0 Å². The van der Waals surface area contributed by atoms with Gasteiger partial charge in [0, 0.05) is 24.9 Å². The highest BCUT2D eigenvalue weighted by Gasteiger charge is 2.25. The number of nitrogens with zero attached hydrogens (tertiary/aromatic N) is 1. The first-order valence-electron chi connectivity index (χ1n) is 7.49. The van der Waals surface area contributed by atoms with Crippen molar-refractivity contribution in [2.24, 2.45) is 0 Å². The molecule has 1 aliphatic rings. The van der Waals surface area contributed by atoms with Crippen LogP contribution >= 0.6 is 0 Å². The third kappa shape index (κ3) is 4.79. The van der Waals surface area contributed by atoms with E-state index in [2.05, 4.69) is 10.6 Å². The number of rotatable bonds is 5. The van der Waals surface area contributed by atoms with Gasteiger partial charge in [-0.15, -0.1) is 0 Å². The number of hydrogen-bond donors (Lipinski definition) is 2. The lowest BCUT2D eigenvalue weighted by Crippen LogP contribution is -2.33. The SMILES string of the molecule is CC(C)(C)OC(=O)Nc1cc(F)c([N+](=O)[O-])c(NC[C@@H]2CCO2)c1. The molecule has 8 nitrogen and oxygen atoms in total. The maximum Gasteiger partial charge on any atom is 0.412 e. The monoisotopic (exact) mass is 341 g/mol. The summed E-state index contributed by atoms with van der Waals surface area (Å²) in [7, 11) is 0. The van der Waals surface area contributed by atoms with E-state index in [0.29, 0.717) is 13.2 Å². The average Bonchev–Trinajstić information content (AvgIpc) is 2.32. The lowest BCUT2D eigenvalue weighted by atomic mass is 10.1. The number of carbonyl (C=O) groups is 1. The summed E-state index contributed by atoms with van der Waals surface area (Å²) in [4.78, 5) is 22.0. The fourth-order valence-electron chi connectivity index (χ4n) is 2.08. The molecule has 1 amide bonds. The quantitative estimate of drug-likeness (QED) is 0.629. The molecule has 0 unspecified atom stereocenters. The van der Waals surface area contributed by atoms with Crippen LogP contribution in [-0.2, 0) is 9.47 Å². The van der Waals surface area contributed by atoms with Crippen LogP contribution in [0.2, 0.25) is 0 Å². The summed E-state index contributed by atoms with van der Waals surface area (Å²) in [5.41, 5.74) is -1.36. The Morgan fingerprint density at radius 2 is 2.17 bits per heavy atom. The van der Waals surface area contributed by atoms with Crippen LogP contribution in [0.1, 0.15) is 27.2 Å². The van der Waals surface area contributed by atoms with Gasteiger partial charge in [0.2, 0.25) is 5.82 Å². The number of hydrogen-bond acceptors (Lipinski definition) is 6. The molecular weight excluding hydrogens is 321 g/mol. The topological polar surface area (TPSA) is 103 Å². The van der Waals surface area contributed by atoms with Crippen molar-refractivity contribution in [3.05, 3.63) is 28.1 Å². The van der Waals surface area contributed by atoms with Crippen molar-refractivity contribution in [3.63, 3.8) is 0 Å². The zero-order valence-corrected chi connectivity index (χ0v) is 13.7. The van der Waals surface area contributed by atoms with E-state index < -0.39 is 28.1 Å². The van der Waals surface area contributed by atoms with Gasteiger partial charge in [0.05, 0.1) is 11.0 Å². The van der Waals surface area contributed by atoms with Crippen LogP contribution in [0.5, 0.6) is 0 Å². The van der Waals surface area contributed by atoms with E-state index in [1.165, 1.54) is 6.07 Å². The normalized spacial score (nSPS) is 16.9. The number of benzene rings is 1. The second kappa shape index (κ2) is 7.00. The second-order valence-corrected chi connectivity index (χ2v) is 6.40. The van der Waals surface area contributed by atoms with Crippen molar-refractivity contribution in [1.29, 1.82) is 0 Å². The highest BCUT2D eigenvalue weighted by atomic mass is 19.1. The van der Waals surface area contributed by atoms with Crippen molar-refractivity contribution in [1.82, 2.24) is 0 Å².